The summed E-state index contributed by atoms with van der Waals surface area (Å²) in [4.78, 5) is 4.09. The number of nitrogens with two attached hydrogens (primary N) is 1. The third-order valence-corrected chi connectivity index (χ3v) is 4.47. The van der Waals surface area contributed by atoms with Crippen molar-refractivity contribution in [1.29, 1.82) is 0 Å². The van der Waals surface area contributed by atoms with E-state index in [0.717, 1.165) is 19.3 Å². The number of hydrogen-bond acceptors (Lipinski definition) is 4. The van der Waals surface area contributed by atoms with Crippen molar-refractivity contribution in [2.75, 3.05) is 6.54 Å². The molecule has 3 N–H and O–H groups in total. The Hall–Kier alpha value is -0.920. The summed E-state index contributed by atoms with van der Waals surface area (Å²) in [6.45, 7) is 6.80. The Balaban J connectivity index is 2.84. The highest BCUT2D eigenvalue weighted by Gasteiger charge is 2.22. The second-order valence-corrected chi connectivity index (χ2v) is 6.27. The number of nitrogens with zero attached hydrogens (tertiary/aromatic N) is 2. The molecule has 0 aliphatic heterocycles. The van der Waals surface area contributed by atoms with Crippen molar-refractivity contribution < 1.29 is 8.42 Å². The minimum absolute atomic E-state index is 0.0711. The van der Waals surface area contributed by atoms with Crippen LogP contribution in [0.2, 0.25) is 0 Å². The third-order valence-electron chi connectivity index (χ3n) is 3.08. The van der Waals surface area contributed by atoms with Crippen LogP contribution in [0.25, 0.3) is 0 Å². The quantitative estimate of drug-likeness (QED) is 0.747. The van der Waals surface area contributed by atoms with Gasteiger partial charge in [-0.25, -0.2) is 18.1 Å². The van der Waals surface area contributed by atoms with Crippen LogP contribution >= 0.6 is 0 Å². The second kappa shape index (κ2) is 7.02. The molecule has 0 aliphatic carbocycles. The Morgan fingerprint density at radius 3 is 2.63 bits per heavy atom. The van der Waals surface area contributed by atoms with E-state index >= 15 is 0 Å². The standard InChI is InChI=1S/C12H24N4O2S/c1-4-6-7-11(8-13)15-19(17,18)12-9-16(5-2)10(3)14-12/h9,11,15H,4-8,13H2,1-3H3. The number of rotatable bonds is 8. The number of aromatic nitrogens is 2. The molecule has 7 heteroatoms. The van der Waals surface area contributed by atoms with Crippen LogP contribution in [0.1, 0.15) is 38.9 Å². The second-order valence-electron chi connectivity index (χ2n) is 4.61. The summed E-state index contributed by atoms with van der Waals surface area (Å²) in [6.07, 6.45) is 4.28. The van der Waals surface area contributed by atoms with Crippen LogP contribution in [0.5, 0.6) is 0 Å². The molecule has 1 rings (SSSR count). The number of unbranched alkanes of at least 4 members (excludes halogenated alkanes) is 1. The lowest BCUT2D eigenvalue weighted by molar-refractivity contribution is 0.514. The van der Waals surface area contributed by atoms with Gasteiger partial charge in [0.05, 0.1) is 0 Å². The summed E-state index contributed by atoms with van der Waals surface area (Å²) in [6, 6.07) is -0.225. The van der Waals surface area contributed by atoms with Crippen LogP contribution in [0.4, 0.5) is 0 Å². The first-order chi connectivity index (χ1) is 8.94. The van der Waals surface area contributed by atoms with Crippen molar-refractivity contribution in [3.8, 4) is 0 Å². The molecule has 0 fully saturated rings. The summed E-state index contributed by atoms with van der Waals surface area (Å²) in [5, 5.41) is 0.0711. The molecule has 1 atom stereocenters. The fraction of sp³-hybridized carbons (Fsp3) is 0.750. The van der Waals surface area contributed by atoms with Crippen molar-refractivity contribution in [3.05, 3.63) is 12.0 Å². The van der Waals surface area contributed by atoms with Gasteiger partial charge in [-0.3, -0.25) is 0 Å². The van der Waals surface area contributed by atoms with E-state index in [1.165, 1.54) is 0 Å². The van der Waals surface area contributed by atoms with Gasteiger partial charge >= 0.3 is 0 Å². The van der Waals surface area contributed by atoms with Gasteiger partial charge in [0, 0.05) is 25.3 Å². The average Bonchev–Trinajstić information content (AvgIpc) is 2.76. The van der Waals surface area contributed by atoms with E-state index in [0.29, 0.717) is 18.9 Å². The van der Waals surface area contributed by atoms with Gasteiger partial charge in [-0.1, -0.05) is 19.8 Å². The van der Waals surface area contributed by atoms with E-state index < -0.39 is 10.0 Å². The minimum Gasteiger partial charge on any atom is -0.334 e. The summed E-state index contributed by atoms with van der Waals surface area (Å²) in [5.74, 6) is 0.695. The molecule has 1 aromatic rings. The van der Waals surface area contributed by atoms with E-state index in [1.54, 1.807) is 17.7 Å². The molecule has 0 spiro atoms. The van der Waals surface area contributed by atoms with Crippen molar-refractivity contribution in [2.24, 2.45) is 5.73 Å². The Labute approximate surface area is 115 Å². The number of imidazole rings is 1. The molecular weight excluding hydrogens is 264 g/mol. The van der Waals surface area contributed by atoms with Crippen LogP contribution in [-0.4, -0.2) is 30.6 Å². The van der Waals surface area contributed by atoms with E-state index in [9.17, 15) is 8.42 Å². The van der Waals surface area contributed by atoms with Gasteiger partial charge in [-0.05, 0) is 20.3 Å². The zero-order valence-electron chi connectivity index (χ0n) is 11.9. The van der Waals surface area contributed by atoms with Gasteiger partial charge < -0.3 is 10.3 Å². The zero-order valence-corrected chi connectivity index (χ0v) is 12.7. The van der Waals surface area contributed by atoms with Gasteiger partial charge in [0.25, 0.3) is 10.0 Å². The molecule has 1 aromatic heterocycles. The lowest BCUT2D eigenvalue weighted by Gasteiger charge is -2.15. The maximum Gasteiger partial charge on any atom is 0.259 e. The van der Waals surface area contributed by atoms with Gasteiger partial charge in [-0.2, -0.15) is 0 Å². The Morgan fingerprint density at radius 2 is 2.16 bits per heavy atom. The lowest BCUT2D eigenvalue weighted by atomic mass is 10.1. The molecule has 0 bridgehead atoms. The first kappa shape index (κ1) is 16.1. The van der Waals surface area contributed by atoms with Gasteiger partial charge in [0.2, 0.25) is 0 Å². The lowest BCUT2D eigenvalue weighted by Crippen LogP contribution is -2.40. The fourth-order valence-electron chi connectivity index (χ4n) is 1.88. The van der Waals surface area contributed by atoms with Gasteiger partial charge in [-0.15, -0.1) is 0 Å². The van der Waals surface area contributed by atoms with Crippen molar-refractivity contribution in [2.45, 2.75) is 57.6 Å². The predicted molar refractivity (Wildman–Crippen MR) is 75.3 cm³/mol. The molecule has 0 radical (unpaired) electrons. The molecule has 0 aliphatic rings. The van der Waals surface area contributed by atoms with Crippen LogP contribution in [0.15, 0.2) is 11.2 Å². The normalized spacial score (nSPS) is 13.7. The van der Waals surface area contributed by atoms with Gasteiger partial charge in [0.15, 0.2) is 5.03 Å². The van der Waals surface area contributed by atoms with Crippen molar-refractivity contribution >= 4 is 10.0 Å². The van der Waals surface area contributed by atoms with E-state index in [-0.39, 0.29) is 11.1 Å². The molecule has 1 unspecified atom stereocenters. The molecular formula is C12H24N4O2S. The van der Waals surface area contributed by atoms with Crippen LogP contribution in [0.3, 0.4) is 0 Å². The molecule has 0 saturated heterocycles. The Morgan fingerprint density at radius 1 is 1.47 bits per heavy atom. The molecule has 0 amide bonds. The molecule has 1 heterocycles. The Kier molecular flexibility index (Phi) is 5.96. The van der Waals surface area contributed by atoms with Crippen molar-refractivity contribution in [3.63, 3.8) is 0 Å². The molecule has 110 valence electrons. The monoisotopic (exact) mass is 288 g/mol. The van der Waals surface area contributed by atoms with Crippen LogP contribution < -0.4 is 10.5 Å². The first-order valence-electron chi connectivity index (χ1n) is 6.70. The maximum absolute atomic E-state index is 12.2. The average molecular weight is 288 g/mol. The van der Waals surface area contributed by atoms with E-state index in [2.05, 4.69) is 16.6 Å². The predicted octanol–water partition coefficient (Wildman–Crippen LogP) is 1.01. The summed E-state index contributed by atoms with van der Waals surface area (Å²) < 4.78 is 28.8. The number of nitrogens with one attached hydrogen (secondary N) is 1. The fourth-order valence-corrected chi connectivity index (χ4v) is 3.18. The largest absolute Gasteiger partial charge is 0.334 e. The molecule has 0 aromatic carbocycles. The van der Waals surface area contributed by atoms with E-state index in [4.69, 9.17) is 5.73 Å². The number of hydrogen-bond donors (Lipinski definition) is 2. The third kappa shape index (κ3) is 4.29. The SMILES string of the molecule is CCCCC(CN)NS(=O)(=O)c1cn(CC)c(C)n1. The highest BCUT2D eigenvalue weighted by Crippen LogP contribution is 2.11. The summed E-state index contributed by atoms with van der Waals surface area (Å²) in [7, 11) is -3.58. The highest BCUT2D eigenvalue weighted by molar-refractivity contribution is 7.89. The summed E-state index contributed by atoms with van der Waals surface area (Å²) >= 11 is 0. The van der Waals surface area contributed by atoms with Crippen LogP contribution in [0, 0.1) is 6.92 Å². The zero-order chi connectivity index (χ0) is 14.5. The van der Waals surface area contributed by atoms with Gasteiger partial charge in [0.1, 0.15) is 5.82 Å². The maximum atomic E-state index is 12.2. The number of sulfonamides is 1. The molecule has 0 saturated carbocycles. The topological polar surface area (TPSA) is 90.0 Å². The molecule has 19 heavy (non-hydrogen) atoms. The van der Waals surface area contributed by atoms with E-state index in [1.807, 2.05) is 6.92 Å². The summed E-state index contributed by atoms with van der Waals surface area (Å²) in [5.41, 5.74) is 5.61. The van der Waals surface area contributed by atoms with Crippen molar-refractivity contribution in [1.82, 2.24) is 14.3 Å². The molecule has 6 nitrogen and oxygen atoms in total. The first-order valence-corrected chi connectivity index (χ1v) is 8.19. The Bertz CT molecular complexity index is 496. The smallest absolute Gasteiger partial charge is 0.259 e. The minimum atomic E-state index is -3.58. The van der Waals surface area contributed by atoms with Crippen LogP contribution in [-0.2, 0) is 16.6 Å². The highest BCUT2D eigenvalue weighted by atomic mass is 32.2. The number of aryl methyl sites for hydroxylation is 2.